The van der Waals surface area contributed by atoms with Crippen LogP contribution in [-0.2, 0) is 15.0 Å². The van der Waals surface area contributed by atoms with Crippen LogP contribution in [0.3, 0.4) is 0 Å². The lowest BCUT2D eigenvalue weighted by Gasteiger charge is -2.19. The van der Waals surface area contributed by atoms with E-state index < -0.39 is 15.8 Å². The van der Waals surface area contributed by atoms with Crippen LogP contribution in [0.25, 0.3) is 0 Å². The second-order valence-electron chi connectivity index (χ2n) is 3.84. The highest BCUT2D eigenvalue weighted by Crippen LogP contribution is 2.58. The Kier molecular flexibility index (Phi) is 2.47. The summed E-state index contributed by atoms with van der Waals surface area (Å²) in [4.78, 5) is 11.9. The Labute approximate surface area is 109 Å². The van der Waals surface area contributed by atoms with Crippen LogP contribution >= 0.6 is 23.5 Å². The van der Waals surface area contributed by atoms with Gasteiger partial charge in [0.05, 0.1) is 5.56 Å². The number of alkyl halides is 3. The van der Waals surface area contributed by atoms with Gasteiger partial charge in [-0.1, -0.05) is 0 Å². The molecule has 1 amide bonds. The monoisotopic (exact) mass is 289 g/mol. The molecule has 0 aromatic heterocycles. The molecule has 2 aliphatic heterocycles. The summed E-state index contributed by atoms with van der Waals surface area (Å²) in [5, 5.41) is 6.06. The quantitative estimate of drug-likeness (QED) is 0.788. The zero-order valence-corrected chi connectivity index (χ0v) is 10.4. The number of hydrogen-bond acceptors (Lipinski definition) is 3. The molecule has 2 heterocycles. The van der Waals surface area contributed by atoms with Crippen molar-refractivity contribution in [2.45, 2.75) is 10.3 Å². The van der Waals surface area contributed by atoms with E-state index in [2.05, 4.69) is 5.32 Å². The van der Waals surface area contributed by atoms with Gasteiger partial charge in [0.1, 0.15) is 0 Å². The third kappa shape index (κ3) is 1.57. The summed E-state index contributed by atoms with van der Waals surface area (Å²) in [5.41, 5.74) is 0.115. The molecule has 0 saturated carbocycles. The van der Waals surface area contributed by atoms with Gasteiger partial charge in [-0.05, 0) is 29.0 Å². The number of carbonyl (C=O) groups is 1. The number of halogens is 3. The highest BCUT2D eigenvalue weighted by molar-refractivity contribution is 8.24. The molecule has 0 aliphatic carbocycles. The van der Waals surface area contributed by atoms with Gasteiger partial charge in [-0.3, -0.25) is 4.79 Å². The van der Waals surface area contributed by atoms with Crippen molar-refractivity contribution in [1.82, 2.24) is 0 Å². The smallest absolute Gasteiger partial charge is 0.323 e. The van der Waals surface area contributed by atoms with E-state index >= 15 is 0 Å². The van der Waals surface area contributed by atoms with Crippen LogP contribution in [-0.4, -0.2) is 5.91 Å². The van der Waals surface area contributed by atoms with E-state index in [1.54, 1.807) is 10.8 Å². The molecule has 0 radical (unpaired) electrons. The first-order valence-electron chi connectivity index (χ1n) is 4.97. The van der Waals surface area contributed by atoms with Crippen LogP contribution in [0.15, 0.2) is 29.0 Å². The van der Waals surface area contributed by atoms with Crippen LogP contribution in [0.5, 0.6) is 0 Å². The van der Waals surface area contributed by atoms with Crippen molar-refractivity contribution in [2.24, 2.45) is 0 Å². The first-order valence-corrected chi connectivity index (χ1v) is 6.73. The van der Waals surface area contributed by atoms with Gasteiger partial charge in [-0.15, -0.1) is 23.5 Å². The predicted octanol–water partition coefficient (Wildman–Crippen LogP) is 3.76. The van der Waals surface area contributed by atoms with Gasteiger partial charge in [-0.2, -0.15) is 13.2 Å². The Balaban J connectivity index is 2.14. The first kappa shape index (κ1) is 12.0. The topological polar surface area (TPSA) is 29.1 Å². The molecular formula is C11H6F3NOS2. The number of rotatable bonds is 0. The second-order valence-corrected chi connectivity index (χ2v) is 6.34. The first-order chi connectivity index (χ1) is 8.43. The molecule has 1 aromatic rings. The number of nitrogens with one attached hydrogen (secondary N) is 1. The van der Waals surface area contributed by atoms with E-state index in [1.165, 1.54) is 29.6 Å². The number of benzene rings is 1. The maximum atomic E-state index is 12.7. The molecule has 0 atom stereocenters. The van der Waals surface area contributed by atoms with Crippen molar-refractivity contribution < 1.29 is 18.0 Å². The molecule has 2 nitrogen and oxygen atoms in total. The normalized spacial score (nSPS) is 20.3. The summed E-state index contributed by atoms with van der Waals surface area (Å²) in [6, 6.07) is 3.35. The lowest BCUT2D eigenvalue weighted by atomic mass is 10.1. The molecule has 0 unspecified atom stereocenters. The lowest BCUT2D eigenvalue weighted by molar-refractivity contribution is -0.137. The number of amides is 1. The zero-order chi connectivity index (χ0) is 13.0. The molecule has 0 saturated heterocycles. The Bertz CT molecular complexity index is 560. The van der Waals surface area contributed by atoms with Crippen molar-refractivity contribution in [3.05, 3.63) is 40.1 Å². The van der Waals surface area contributed by atoms with Crippen molar-refractivity contribution in [3.63, 3.8) is 0 Å². The third-order valence-corrected chi connectivity index (χ3v) is 5.54. The number of thioether (sulfide) groups is 2. The SMILES string of the molecule is O=C1Nc2ccc(C(F)(F)F)cc2C12SC=CS2. The Hall–Kier alpha value is -1.08. The van der Waals surface area contributed by atoms with Crippen molar-refractivity contribution in [2.75, 3.05) is 5.32 Å². The van der Waals surface area contributed by atoms with E-state index in [-0.39, 0.29) is 5.91 Å². The molecule has 1 aromatic carbocycles. The van der Waals surface area contributed by atoms with Crippen LogP contribution in [0, 0.1) is 0 Å². The molecular weight excluding hydrogens is 283 g/mol. The van der Waals surface area contributed by atoms with Crippen LogP contribution < -0.4 is 5.32 Å². The van der Waals surface area contributed by atoms with Crippen LogP contribution in [0.4, 0.5) is 18.9 Å². The maximum absolute atomic E-state index is 12.7. The summed E-state index contributed by atoms with van der Waals surface area (Å²) in [5.74, 6) is -0.281. The predicted molar refractivity (Wildman–Crippen MR) is 66.1 cm³/mol. The van der Waals surface area contributed by atoms with Gasteiger partial charge >= 0.3 is 6.18 Å². The van der Waals surface area contributed by atoms with Gasteiger partial charge in [0.15, 0.2) is 4.08 Å². The number of hydrogen-bond donors (Lipinski definition) is 1. The Morgan fingerprint density at radius 1 is 1.17 bits per heavy atom. The standard InChI is InChI=1S/C11H6F3NOS2/c12-11(13,14)6-1-2-8-7(5-6)10(9(16)15-8)17-3-4-18-10/h1-5H,(H,15,16). The molecule has 18 heavy (non-hydrogen) atoms. The number of fused-ring (bicyclic) bond motifs is 2. The van der Waals surface area contributed by atoms with Crippen molar-refractivity contribution in [3.8, 4) is 0 Å². The second kappa shape index (κ2) is 3.71. The average molecular weight is 289 g/mol. The van der Waals surface area contributed by atoms with E-state index in [0.717, 1.165) is 12.1 Å². The van der Waals surface area contributed by atoms with E-state index in [0.29, 0.717) is 11.3 Å². The molecule has 94 valence electrons. The largest absolute Gasteiger partial charge is 0.416 e. The third-order valence-electron chi connectivity index (χ3n) is 2.77. The summed E-state index contributed by atoms with van der Waals surface area (Å²) in [6.45, 7) is 0. The number of carbonyl (C=O) groups excluding carboxylic acids is 1. The average Bonchev–Trinajstić information content (AvgIpc) is 2.87. The van der Waals surface area contributed by atoms with E-state index in [9.17, 15) is 18.0 Å². The summed E-state index contributed by atoms with van der Waals surface area (Å²) in [6.07, 6.45) is -4.40. The fourth-order valence-corrected chi connectivity index (χ4v) is 4.23. The van der Waals surface area contributed by atoms with Crippen LogP contribution in [0.1, 0.15) is 11.1 Å². The van der Waals surface area contributed by atoms with E-state index in [1.807, 2.05) is 0 Å². The minimum atomic E-state index is -4.40. The molecule has 1 spiro atoms. The van der Waals surface area contributed by atoms with Crippen molar-refractivity contribution in [1.29, 1.82) is 0 Å². The summed E-state index contributed by atoms with van der Waals surface area (Å²) >= 11 is 2.45. The highest BCUT2D eigenvalue weighted by atomic mass is 32.2. The van der Waals surface area contributed by atoms with Crippen molar-refractivity contribution >= 4 is 35.1 Å². The summed E-state index contributed by atoms with van der Waals surface area (Å²) < 4.78 is 37.1. The fraction of sp³-hybridized carbons (Fsp3) is 0.182. The van der Waals surface area contributed by atoms with E-state index in [4.69, 9.17) is 0 Å². The van der Waals surface area contributed by atoms with Crippen LogP contribution in [0.2, 0.25) is 0 Å². The van der Waals surface area contributed by atoms with Gasteiger partial charge in [0.2, 0.25) is 0 Å². The Morgan fingerprint density at radius 3 is 2.44 bits per heavy atom. The zero-order valence-electron chi connectivity index (χ0n) is 8.75. The minimum Gasteiger partial charge on any atom is -0.323 e. The molecule has 1 N–H and O–H groups in total. The fourth-order valence-electron chi connectivity index (χ4n) is 1.94. The molecule has 7 heteroatoms. The van der Waals surface area contributed by atoms with Gasteiger partial charge in [0, 0.05) is 11.3 Å². The van der Waals surface area contributed by atoms with Gasteiger partial charge < -0.3 is 5.32 Å². The number of anilines is 1. The Morgan fingerprint density at radius 2 is 1.83 bits per heavy atom. The molecule has 3 rings (SSSR count). The lowest BCUT2D eigenvalue weighted by Crippen LogP contribution is -2.25. The summed E-state index contributed by atoms with van der Waals surface area (Å²) in [7, 11) is 0. The minimum absolute atomic E-state index is 0.281. The molecule has 0 bridgehead atoms. The molecule has 0 fully saturated rings. The molecule has 2 aliphatic rings. The van der Waals surface area contributed by atoms with Gasteiger partial charge in [0.25, 0.3) is 5.91 Å². The van der Waals surface area contributed by atoms with Gasteiger partial charge in [-0.25, -0.2) is 0 Å². The maximum Gasteiger partial charge on any atom is 0.416 e. The highest BCUT2D eigenvalue weighted by Gasteiger charge is 2.50.